The third-order valence-electron chi connectivity index (χ3n) is 2.63. The Balaban J connectivity index is 2.59. The number of rotatable bonds is 2. The van der Waals surface area contributed by atoms with Crippen LogP contribution in [0, 0.1) is 5.82 Å². The topological polar surface area (TPSA) is 17.8 Å². The van der Waals surface area contributed by atoms with Crippen LogP contribution in [-0.2, 0) is 7.05 Å². The maximum atomic E-state index is 13.9. The zero-order valence-electron chi connectivity index (χ0n) is 10.0. The van der Waals surface area contributed by atoms with Crippen LogP contribution in [0.4, 0.5) is 4.39 Å². The molecule has 0 bridgehead atoms. The van der Waals surface area contributed by atoms with E-state index in [1.807, 2.05) is 27.1 Å². The summed E-state index contributed by atoms with van der Waals surface area (Å²) < 4.78 is 15.6. The minimum Gasteiger partial charge on any atom is -0.275 e. The molecule has 0 fully saturated rings. The van der Waals surface area contributed by atoms with Crippen molar-refractivity contribution in [2.45, 2.75) is 19.8 Å². The summed E-state index contributed by atoms with van der Waals surface area (Å²) in [5.74, 6) is -0.0614. The Morgan fingerprint density at radius 1 is 1.29 bits per heavy atom. The monoisotopic (exact) mass is 252 g/mol. The van der Waals surface area contributed by atoms with Gasteiger partial charge in [0.05, 0.1) is 5.69 Å². The molecule has 90 valence electrons. The van der Waals surface area contributed by atoms with Gasteiger partial charge in [0.25, 0.3) is 0 Å². The fraction of sp³-hybridized carbons (Fsp3) is 0.308. The summed E-state index contributed by atoms with van der Waals surface area (Å²) in [6, 6.07) is 4.71. The molecule has 1 aromatic heterocycles. The summed E-state index contributed by atoms with van der Waals surface area (Å²) in [5.41, 5.74) is 2.27. The van der Waals surface area contributed by atoms with Gasteiger partial charge in [-0.05, 0) is 24.1 Å². The van der Waals surface area contributed by atoms with Gasteiger partial charge in [0.15, 0.2) is 0 Å². The van der Waals surface area contributed by atoms with E-state index in [-0.39, 0.29) is 11.7 Å². The van der Waals surface area contributed by atoms with E-state index in [2.05, 4.69) is 5.10 Å². The Bertz CT molecular complexity index is 546. The van der Waals surface area contributed by atoms with Crippen molar-refractivity contribution in [3.63, 3.8) is 0 Å². The maximum Gasteiger partial charge on any atom is 0.132 e. The van der Waals surface area contributed by atoms with Crippen molar-refractivity contribution in [3.05, 3.63) is 40.9 Å². The van der Waals surface area contributed by atoms with Crippen LogP contribution in [0.5, 0.6) is 0 Å². The molecule has 1 heterocycles. The molecule has 0 N–H and O–H groups in total. The maximum absolute atomic E-state index is 13.9. The second-order valence-electron chi connectivity index (χ2n) is 4.38. The highest BCUT2D eigenvalue weighted by Gasteiger charge is 2.16. The zero-order chi connectivity index (χ0) is 12.6. The summed E-state index contributed by atoms with van der Waals surface area (Å²) in [6.07, 6.45) is 1.83. The highest BCUT2D eigenvalue weighted by molar-refractivity contribution is 6.30. The Morgan fingerprint density at radius 2 is 2.00 bits per heavy atom. The number of aromatic nitrogens is 2. The fourth-order valence-corrected chi connectivity index (χ4v) is 2.01. The van der Waals surface area contributed by atoms with Gasteiger partial charge in [-0.15, -0.1) is 0 Å². The van der Waals surface area contributed by atoms with E-state index >= 15 is 0 Å². The third kappa shape index (κ3) is 2.34. The van der Waals surface area contributed by atoms with Crippen LogP contribution in [0.3, 0.4) is 0 Å². The molecule has 0 saturated heterocycles. The van der Waals surface area contributed by atoms with Crippen molar-refractivity contribution in [2.24, 2.45) is 7.05 Å². The molecule has 0 aliphatic carbocycles. The second-order valence-corrected chi connectivity index (χ2v) is 4.82. The first-order valence-corrected chi connectivity index (χ1v) is 5.86. The van der Waals surface area contributed by atoms with Crippen LogP contribution in [-0.4, -0.2) is 9.78 Å². The van der Waals surface area contributed by atoms with Gasteiger partial charge in [-0.1, -0.05) is 25.4 Å². The van der Waals surface area contributed by atoms with Gasteiger partial charge in [0.1, 0.15) is 5.82 Å². The van der Waals surface area contributed by atoms with E-state index in [0.717, 1.165) is 11.3 Å². The largest absolute Gasteiger partial charge is 0.275 e. The molecule has 0 atom stereocenters. The molecule has 0 amide bonds. The molecule has 2 rings (SSSR count). The van der Waals surface area contributed by atoms with Crippen LogP contribution in [0.2, 0.25) is 5.02 Å². The van der Waals surface area contributed by atoms with E-state index in [9.17, 15) is 4.39 Å². The quantitative estimate of drug-likeness (QED) is 0.790. The summed E-state index contributed by atoms with van der Waals surface area (Å²) in [6.45, 7) is 4.08. The second kappa shape index (κ2) is 4.49. The normalized spacial score (nSPS) is 11.2. The van der Waals surface area contributed by atoms with Gasteiger partial charge in [-0.2, -0.15) is 5.10 Å². The molecule has 0 aliphatic heterocycles. The van der Waals surface area contributed by atoms with Crippen molar-refractivity contribution >= 4 is 11.6 Å². The van der Waals surface area contributed by atoms with Crippen molar-refractivity contribution in [2.75, 3.05) is 0 Å². The van der Waals surface area contributed by atoms with Crippen LogP contribution in [0.25, 0.3) is 11.1 Å². The molecular formula is C13H14ClFN2. The molecule has 1 aromatic carbocycles. The molecule has 0 radical (unpaired) electrons. The summed E-state index contributed by atoms with van der Waals surface area (Å²) >= 11 is 5.75. The van der Waals surface area contributed by atoms with Gasteiger partial charge >= 0.3 is 0 Å². The fourth-order valence-electron chi connectivity index (χ4n) is 1.85. The number of hydrogen-bond donors (Lipinski definition) is 0. The van der Waals surface area contributed by atoms with Crippen LogP contribution in [0.15, 0.2) is 24.4 Å². The zero-order valence-corrected chi connectivity index (χ0v) is 10.8. The molecule has 2 nitrogen and oxygen atoms in total. The predicted molar refractivity (Wildman–Crippen MR) is 67.7 cm³/mol. The minimum atomic E-state index is -0.313. The average molecular weight is 253 g/mol. The van der Waals surface area contributed by atoms with Gasteiger partial charge in [-0.3, -0.25) is 4.68 Å². The number of aryl methyl sites for hydroxylation is 1. The van der Waals surface area contributed by atoms with Crippen LogP contribution >= 0.6 is 11.6 Å². The lowest BCUT2D eigenvalue weighted by molar-refractivity contribution is 0.631. The minimum absolute atomic E-state index is 0.251. The molecule has 4 heteroatoms. The first-order chi connectivity index (χ1) is 7.99. The van der Waals surface area contributed by atoms with Gasteiger partial charge in [-0.25, -0.2) is 4.39 Å². The number of hydrogen-bond acceptors (Lipinski definition) is 1. The lowest BCUT2D eigenvalue weighted by atomic mass is 10.00. The molecular weight excluding hydrogens is 239 g/mol. The third-order valence-corrected chi connectivity index (χ3v) is 2.86. The van der Waals surface area contributed by atoms with E-state index in [4.69, 9.17) is 11.6 Å². The lowest BCUT2D eigenvalue weighted by Crippen LogP contribution is -1.94. The molecule has 0 spiro atoms. The van der Waals surface area contributed by atoms with E-state index in [0.29, 0.717) is 10.6 Å². The highest BCUT2D eigenvalue weighted by Crippen LogP contribution is 2.31. The SMILES string of the molecule is CC(C)c1nn(C)cc1-c1ccc(Cl)cc1F. The first kappa shape index (κ1) is 12.1. The lowest BCUT2D eigenvalue weighted by Gasteiger charge is -2.06. The summed E-state index contributed by atoms with van der Waals surface area (Å²) in [5, 5.41) is 4.77. The van der Waals surface area contributed by atoms with Gasteiger partial charge in [0, 0.05) is 29.4 Å². The summed E-state index contributed by atoms with van der Waals surface area (Å²) in [7, 11) is 1.84. The Kier molecular flexibility index (Phi) is 3.20. The average Bonchev–Trinajstić information content (AvgIpc) is 2.60. The van der Waals surface area contributed by atoms with Gasteiger partial charge < -0.3 is 0 Å². The molecule has 0 aliphatic rings. The van der Waals surface area contributed by atoms with Crippen molar-refractivity contribution in [1.82, 2.24) is 9.78 Å². The van der Waals surface area contributed by atoms with Crippen molar-refractivity contribution < 1.29 is 4.39 Å². The standard InChI is InChI=1S/C13H14ClFN2/c1-8(2)13-11(7-17(3)16-13)10-5-4-9(14)6-12(10)15/h4-8H,1-3H3. The molecule has 17 heavy (non-hydrogen) atoms. The smallest absolute Gasteiger partial charge is 0.132 e. The number of benzene rings is 1. The van der Waals surface area contributed by atoms with E-state index < -0.39 is 0 Å². The predicted octanol–water partition coefficient (Wildman–Crippen LogP) is 4.00. The molecule has 0 saturated carbocycles. The van der Waals surface area contributed by atoms with Crippen LogP contribution < -0.4 is 0 Å². The number of halogens is 2. The Morgan fingerprint density at radius 3 is 2.59 bits per heavy atom. The Hall–Kier alpha value is -1.35. The number of nitrogens with zero attached hydrogens (tertiary/aromatic N) is 2. The van der Waals surface area contributed by atoms with E-state index in [1.54, 1.807) is 16.8 Å². The first-order valence-electron chi connectivity index (χ1n) is 5.48. The van der Waals surface area contributed by atoms with Crippen molar-refractivity contribution in [3.8, 4) is 11.1 Å². The van der Waals surface area contributed by atoms with Crippen LogP contribution in [0.1, 0.15) is 25.5 Å². The molecule has 2 aromatic rings. The Labute approximate surface area is 105 Å². The van der Waals surface area contributed by atoms with Crippen molar-refractivity contribution in [1.29, 1.82) is 0 Å². The summed E-state index contributed by atoms with van der Waals surface area (Å²) in [4.78, 5) is 0. The highest BCUT2D eigenvalue weighted by atomic mass is 35.5. The molecule has 0 unspecified atom stereocenters. The van der Waals surface area contributed by atoms with Gasteiger partial charge in [0.2, 0.25) is 0 Å². The van der Waals surface area contributed by atoms with E-state index in [1.165, 1.54) is 6.07 Å².